The SMILES string of the molecule is BC(C)(C)CCOC(C)(C)C. The lowest BCUT2D eigenvalue weighted by Gasteiger charge is -2.23. The van der Waals surface area contributed by atoms with Gasteiger partial charge in [0.05, 0.1) is 5.60 Å². The average Bonchev–Trinajstić information content (AvgIpc) is 1.55. The Labute approximate surface area is 71.9 Å². The van der Waals surface area contributed by atoms with Gasteiger partial charge in [0, 0.05) is 6.61 Å². The summed E-state index contributed by atoms with van der Waals surface area (Å²) in [5, 5.41) is 0.394. The molecular formula is C9H21BO. The van der Waals surface area contributed by atoms with Gasteiger partial charge in [-0.2, -0.15) is 0 Å². The zero-order valence-electron chi connectivity index (χ0n) is 8.82. The number of hydrogen-bond donors (Lipinski definition) is 0. The summed E-state index contributed by atoms with van der Waals surface area (Å²) >= 11 is 0. The third kappa shape index (κ3) is 10.0. The van der Waals surface area contributed by atoms with Gasteiger partial charge >= 0.3 is 0 Å². The standard InChI is InChI=1S/C9H21BO/c1-8(2,3)11-7-6-9(4,5)10/h6-7,10H2,1-5H3. The van der Waals surface area contributed by atoms with Crippen molar-refractivity contribution in [2.75, 3.05) is 6.61 Å². The Morgan fingerprint density at radius 1 is 1.09 bits per heavy atom. The molecule has 0 atom stereocenters. The zero-order valence-corrected chi connectivity index (χ0v) is 8.82. The molecule has 0 fully saturated rings. The van der Waals surface area contributed by atoms with Crippen molar-refractivity contribution < 1.29 is 4.74 Å². The number of ether oxygens (including phenoxy) is 1. The molecule has 0 aliphatic rings. The van der Waals surface area contributed by atoms with Gasteiger partial charge in [0.1, 0.15) is 7.85 Å². The largest absolute Gasteiger partial charge is 0.376 e. The fourth-order valence-electron chi connectivity index (χ4n) is 0.663. The highest BCUT2D eigenvalue weighted by Gasteiger charge is 2.14. The van der Waals surface area contributed by atoms with Crippen LogP contribution in [0.2, 0.25) is 5.31 Å². The third-order valence-corrected chi connectivity index (χ3v) is 1.39. The van der Waals surface area contributed by atoms with E-state index in [0.717, 1.165) is 13.0 Å². The highest BCUT2D eigenvalue weighted by atomic mass is 16.5. The van der Waals surface area contributed by atoms with Gasteiger partial charge in [0.25, 0.3) is 0 Å². The lowest BCUT2D eigenvalue weighted by Crippen LogP contribution is -2.21. The molecular weight excluding hydrogens is 135 g/mol. The fourth-order valence-corrected chi connectivity index (χ4v) is 0.663. The summed E-state index contributed by atoms with van der Waals surface area (Å²) < 4.78 is 5.61. The van der Waals surface area contributed by atoms with Crippen molar-refractivity contribution >= 4 is 7.85 Å². The molecule has 1 nitrogen and oxygen atoms in total. The summed E-state index contributed by atoms with van der Waals surface area (Å²) in [6, 6.07) is 0. The van der Waals surface area contributed by atoms with E-state index in [1.54, 1.807) is 0 Å². The van der Waals surface area contributed by atoms with Crippen molar-refractivity contribution in [2.45, 2.75) is 52.0 Å². The molecule has 0 radical (unpaired) electrons. The molecule has 0 saturated heterocycles. The van der Waals surface area contributed by atoms with Crippen molar-refractivity contribution in [2.24, 2.45) is 0 Å². The predicted octanol–water partition coefficient (Wildman–Crippen LogP) is 2.02. The molecule has 0 unspecified atom stereocenters. The van der Waals surface area contributed by atoms with Crippen molar-refractivity contribution in [1.82, 2.24) is 0 Å². The van der Waals surface area contributed by atoms with Gasteiger partial charge in [-0.05, 0) is 27.2 Å². The van der Waals surface area contributed by atoms with Gasteiger partial charge in [-0.1, -0.05) is 19.2 Å². The van der Waals surface area contributed by atoms with Gasteiger partial charge in [-0.25, -0.2) is 0 Å². The van der Waals surface area contributed by atoms with Crippen LogP contribution in [0.4, 0.5) is 0 Å². The van der Waals surface area contributed by atoms with Crippen molar-refractivity contribution in [1.29, 1.82) is 0 Å². The Bertz CT molecular complexity index is 93.7. The third-order valence-electron chi connectivity index (χ3n) is 1.39. The minimum Gasteiger partial charge on any atom is -0.376 e. The first-order valence-electron chi connectivity index (χ1n) is 4.35. The molecule has 0 amide bonds. The molecule has 2 heteroatoms. The van der Waals surface area contributed by atoms with Gasteiger partial charge in [-0.3, -0.25) is 0 Å². The second kappa shape index (κ2) is 3.62. The van der Waals surface area contributed by atoms with Gasteiger partial charge < -0.3 is 4.74 Å². The summed E-state index contributed by atoms with van der Waals surface area (Å²) in [5.74, 6) is 0. The summed E-state index contributed by atoms with van der Waals surface area (Å²) in [7, 11) is 2.24. The van der Waals surface area contributed by atoms with E-state index < -0.39 is 0 Å². The molecule has 0 N–H and O–H groups in total. The lowest BCUT2D eigenvalue weighted by molar-refractivity contribution is -0.00685. The second-order valence-corrected chi connectivity index (χ2v) is 5.27. The number of hydrogen-bond acceptors (Lipinski definition) is 1. The average molecular weight is 156 g/mol. The van der Waals surface area contributed by atoms with E-state index in [-0.39, 0.29) is 5.60 Å². The Hall–Kier alpha value is 0.0249. The van der Waals surface area contributed by atoms with Crippen LogP contribution >= 0.6 is 0 Å². The van der Waals surface area contributed by atoms with Gasteiger partial charge in [-0.15, -0.1) is 0 Å². The smallest absolute Gasteiger partial charge is 0.108 e. The zero-order chi connectivity index (χ0) is 9.12. The Kier molecular flexibility index (Phi) is 3.63. The van der Waals surface area contributed by atoms with E-state index in [1.165, 1.54) is 0 Å². The minimum atomic E-state index is 0.0191. The molecule has 0 aromatic heterocycles. The second-order valence-electron chi connectivity index (χ2n) is 5.27. The van der Waals surface area contributed by atoms with Gasteiger partial charge in [0.15, 0.2) is 0 Å². The van der Waals surface area contributed by atoms with Crippen LogP contribution in [-0.2, 0) is 4.74 Å². The van der Waals surface area contributed by atoms with E-state index in [0.29, 0.717) is 5.31 Å². The van der Waals surface area contributed by atoms with E-state index in [4.69, 9.17) is 4.74 Å². The Balaban J connectivity index is 3.44. The van der Waals surface area contributed by atoms with Crippen molar-refractivity contribution in [3.05, 3.63) is 0 Å². The molecule has 0 bridgehead atoms. The van der Waals surface area contributed by atoms with Crippen LogP contribution in [0.1, 0.15) is 41.0 Å². The molecule has 0 aromatic rings. The lowest BCUT2D eigenvalue weighted by atomic mass is 9.70. The van der Waals surface area contributed by atoms with Crippen LogP contribution in [-0.4, -0.2) is 20.1 Å². The molecule has 0 rings (SSSR count). The van der Waals surface area contributed by atoms with Crippen LogP contribution in [0.3, 0.4) is 0 Å². The maximum atomic E-state index is 5.61. The van der Waals surface area contributed by atoms with Crippen LogP contribution in [0, 0.1) is 0 Å². The highest BCUT2D eigenvalue weighted by Crippen LogP contribution is 2.24. The van der Waals surface area contributed by atoms with E-state index in [2.05, 4.69) is 42.5 Å². The van der Waals surface area contributed by atoms with Crippen molar-refractivity contribution in [3.8, 4) is 0 Å². The molecule has 0 spiro atoms. The normalized spacial score (nSPS) is 13.5. The summed E-state index contributed by atoms with van der Waals surface area (Å²) in [4.78, 5) is 0. The molecule has 0 aliphatic heterocycles. The maximum Gasteiger partial charge on any atom is 0.108 e. The predicted molar refractivity (Wildman–Crippen MR) is 52.9 cm³/mol. The first kappa shape index (κ1) is 11.0. The summed E-state index contributed by atoms with van der Waals surface area (Å²) in [5.41, 5.74) is 0.0191. The summed E-state index contributed by atoms with van der Waals surface area (Å²) in [6.07, 6.45) is 1.13. The molecule has 0 aromatic carbocycles. The summed E-state index contributed by atoms with van der Waals surface area (Å²) in [6.45, 7) is 11.6. The maximum absolute atomic E-state index is 5.61. The van der Waals surface area contributed by atoms with Gasteiger partial charge in [0.2, 0.25) is 0 Å². The molecule has 66 valence electrons. The van der Waals surface area contributed by atoms with Crippen LogP contribution in [0.5, 0.6) is 0 Å². The van der Waals surface area contributed by atoms with E-state index >= 15 is 0 Å². The van der Waals surface area contributed by atoms with E-state index in [9.17, 15) is 0 Å². The topological polar surface area (TPSA) is 9.23 Å². The van der Waals surface area contributed by atoms with Crippen LogP contribution in [0.15, 0.2) is 0 Å². The fraction of sp³-hybridized carbons (Fsp3) is 1.00. The molecule has 11 heavy (non-hydrogen) atoms. The quantitative estimate of drug-likeness (QED) is 0.568. The number of rotatable bonds is 3. The molecule has 0 saturated carbocycles. The van der Waals surface area contributed by atoms with Crippen LogP contribution in [0.25, 0.3) is 0 Å². The first-order chi connectivity index (χ1) is 4.71. The minimum absolute atomic E-state index is 0.0191. The Morgan fingerprint density at radius 3 is 1.82 bits per heavy atom. The molecule has 0 heterocycles. The first-order valence-corrected chi connectivity index (χ1v) is 4.35. The molecule has 0 aliphatic carbocycles. The van der Waals surface area contributed by atoms with E-state index in [1.807, 2.05) is 0 Å². The monoisotopic (exact) mass is 156 g/mol. The highest BCUT2D eigenvalue weighted by molar-refractivity contribution is 6.14. The van der Waals surface area contributed by atoms with Crippen LogP contribution < -0.4 is 0 Å². The Morgan fingerprint density at radius 2 is 1.55 bits per heavy atom. The van der Waals surface area contributed by atoms with Crippen molar-refractivity contribution in [3.63, 3.8) is 0 Å².